The Kier molecular flexibility index (Phi) is 7.58. The smallest absolute Gasteiger partial charge is 0.341 e. The summed E-state index contributed by atoms with van der Waals surface area (Å²) in [5.74, 6) is -3.42. The molecule has 3 aromatic rings. The van der Waals surface area contributed by atoms with Crippen LogP contribution in [-0.2, 0) is 11.2 Å². The van der Waals surface area contributed by atoms with Crippen LogP contribution in [0.1, 0.15) is 41.4 Å². The summed E-state index contributed by atoms with van der Waals surface area (Å²) in [5.41, 5.74) is -0.565. The van der Waals surface area contributed by atoms with Crippen molar-refractivity contribution in [3.8, 4) is 5.75 Å². The average Bonchev–Trinajstić information content (AvgIpc) is 2.77. The second kappa shape index (κ2) is 10.2. The zero-order valence-electron chi connectivity index (χ0n) is 18.4. The van der Waals surface area contributed by atoms with Crippen LogP contribution in [-0.4, -0.2) is 45.0 Å². The number of aliphatic hydroxyl groups excluding tert-OH is 1. The Morgan fingerprint density at radius 2 is 1.88 bits per heavy atom. The molecule has 1 atom stereocenters. The van der Waals surface area contributed by atoms with Crippen LogP contribution in [0.2, 0.25) is 5.02 Å². The zero-order valence-corrected chi connectivity index (χ0v) is 19.2. The van der Waals surface area contributed by atoms with E-state index in [1.54, 1.807) is 6.07 Å². The normalized spacial score (nSPS) is 12.2. The van der Waals surface area contributed by atoms with Crippen molar-refractivity contribution in [2.75, 3.05) is 13.2 Å². The molecular weight excluding hydrogens is 469 g/mol. The number of pyridine rings is 1. The minimum absolute atomic E-state index is 0.0131. The molecule has 0 saturated heterocycles. The Morgan fingerprint density at radius 1 is 1.18 bits per heavy atom. The van der Waals surface area contributed by atoms with Gasteiger partial charge >= 0.3 is 11.9 Å². The van der Waals surface area contributed by atoms with Crippen LogP contribution < -0.4 is 10.2 Å². The minimum Gasteiger partial charge on any atom is -0.482 e. The number of rotatable bonds is 9. The van der Waals surface area contributed by atoms with Crippen molar-refractivity contribution >= 4 is 34.4 Å². The Hall–Kier alpha value is -3.43. The first-order valence-corrected chi connectivity index (χ1v) is 10.8. The Bertz CT molecular complexity index is 1320. The largest absolute Gasteiger partial charge is 0.482 e. The van der Waals surface area contributed by atoms with Gasteiger partial charge in [0.2, 0.25) is 5.43 Å². The molecule has 0 aliphatic rings. The van der Waals surface area contributed by atoms with Crippen molar-refractivity contribution in [2.45, 2.75) is 26.3 Å². The van der Waals surface area contributed by atoms with E-state index >= 15 is 0 Å². The topological polar surface area (TPSA) is 126 Å². The van der Waals surface area contributed by atoms with Gasteiger partial charge in [-0.3, -0.25) is 4.79 Å². The molecule has 0 unspecified atom stereocenters. The number of aliphatic hydroxyl groups is 1. The van der Waals surface area contributed by atoms with Gasteiger partial charge in [-0.15, -0.1) is 0 Å². The highest BCUT2D eigenvalue weighted by atomic mass is 35.5. The fraction of sp³-hybridized carbons (Fsp3) is 0.292. The van der Waals surface area contributed by atoms with E-state index in [0.717, 1.165) is 6.20 Å². The molecule has 0 bridgehead atoms. The molecule has 10 heteroatoms. The molecular formula is C24H23ClFNO7. The van der Waals surface area contributed by atoms with E-state index in [1.165, 1.54) is 28.8 Å². The Labute approximate surface area is 198 Å². The molecule has 0 amide bonds. The van der Waals surface area contributed by atoms with Crippen LogP contribution in [0.3, 0.4) is 0 Å². The van der Waals surface area contributed by atoms with E-state index in [9.17, 15) is 29.0 Å². The van der Waals surface area contributed by atoms with Gasteiger partial charge in [-0.25, -0.2) is 14.0 Å². The molecule has 34 heavy (non-hydrogen) atoms. The molecule has 1 aromatic heterocycles. The lowest BCUT2D eigenvalue weighted by molar-refractivity contribution is -0.139. The maximum atomic E-state index is 14.6. The van der Waals surface area contributed by atoms with Gasteiger partial charge in [-0.2, -0.15) is 0 Å². The van der Waals surface area contributed by atoms with Crippen LogP contribution in [0.25, 0.3) is 10.9 Å². The highest BCUT2D eigenvalue weighted by molar-refractivity contribution is 6.30. The van der Waals surface area contributed by atoms with Crippen LogP contribution in [0.4, 0.5) is 4.39 Å². The molecule has 0 fully saturated rings. The van der Waals surface area contributed by atoms with Gasteiger partial charge in [0.1, 0.15) is 17.1 Å². The second-order valence-electron chi connectivity index (χ2n) is 8.13. The quantitative estimate of drug-likeness (QED) is 0.416. The van der Waals surface area contributed by atoms with Crippen molar-refractivity contribution in [2.24, 2.45) is 5.92 Å². The fourth-order valence-electron chi connectivity index (χ4n) is 3.77. The highest BCUT2D eigenvalue weighted by Gasteiger charge is 2.23. The maximum absolute atomic E-state index is 14.6. The van der Waals surface area contributed by atoms with Crippen molar-refractivity contribution in [1.29, 1.82) is 0 Å². The number of benzene rings is 2. The number of nitrogens with zero attached hydrogens (tertiary/aromatic N) is 1. The van der Waals surface area contributed by atoms with E-state index < -0.39 is 41.4 Å². The van der Waals surface area contributed by atoms with Crippen molar-refractivity contribution in [3.05, 3.63) is 74.3 Å². The molecule has 8 nitrogen and oxygen atoms in total. The summed E-state index contributed by atoms with van der Waals surface area (Å²) in [6.45, 7) is 2.61. The molecule has 180 valence electrons. The number of ether oxygens (including phenoxy) is 1. The first-order valence-electron chi connectivity index (χ1n) is 10.4. The van der Waals surface area contributed by atoms with E-state index in [4.69, 9.17) is 21.4 Å². The lowest BCUT2D eigenvalue weighted by Crippen LogP contribution is -2.25. The number of hydrogen-bond acceptors (Lipinski definition) is 5. The average molecular weight is 492 g/mol. The first kappa shape index (κ1) is 25.2. The third kappa shape index (κ3) is 5.05. The number of fused-ring (bicyclic) bond motifs is 1. The summed E-state index contributed by atoms with van der Waals surface area (Å²) in [6.07, 6.45) is 1.06. The number of hydrogen-bond donors (Lipinski definition) is 3. The van der Waals surface area contributed by atoms with E-state index in [2.05, 4.69) is 0 Å². The van der Waals surface area contributed by atoms with Gasteiger partial charge in [0, 0.05) is 24.1 Å². The number of carboxylic acids is 2. The third-order valence-corrected chi connectivity index (χ3v) is 5.81. The third-order valence-electron chi connectivity index (χ3n) is 5.52. The summed E-state index contributed by atoms with van der Waals surface area (Å²) < 4.78 is 21.5. The monoisotopic (exact) mass is 491 g/mol. The van der Waals surface area contributed by atoms with Crippen LogP contribution in [0.5, 0.6) is 5.75 Å². The number of carboxylic acid groups (broad SMARTS) is 2. The molecule has 2 aromatic carbocycles. The number of carbonyl (C=O) groups is 2. The number of halogens is 2. The SMILES string of the molecule is CC(C)[C@@H](CO)n1cc(C(=O)O)c(=O)c2cc(Cc3cccc(Cl)c3F)c(OCC(=O)O)cc21. The van der Waals surface area contributed by atoms with Crippen LogP contribution >= 0.6 is 11.6 Å². The number of aromatic carboxylic acids is 1. The van der Waals surface area contributed by atoms with Gasteiger partial charge in [0.15, 0.2) is 6.61 Å². The Balaban J connectivity index is 2.34. The standard InChI is InChI=1S/C24H23ClFNO7/c1-12(2)19(10-28)27-9-16(24(32)33)23(31)15-7-14(6-13-4-3-5-17(25)22(13)26)20(8-18(15)27)34-11-21(29)30/h3-5,7-9,12,19,28H,6,10-11H2,1-2H3,(H,29,30)(H,32,33)/t19-/m1/s1. The number of aliphatic carboxylic acids is 1. The summed E-state index contributed by atoms with van der Waals surface area (Å²) in [7, 11) is 0. The second-order valence-corrected chi connectivity index (χ2v) is 8.53. The fourth-order valence-corrected chi connectivity index (χ4v) is 3.96. The lowest BCUT2D eigenvalue weighted by Gasteiger charge is -2.25. The van der Waals surface area contributed by atoms with Crippen molar-refractivity contribution < 1.29 is 34.0 Å². The van der Waals surface area contributed by atoms with Gasteiger partial charge in [-0.1, -0.05) is 37.6 Å². The molecule has 0 saturated carbocycles. The summed E-state index contributed by atoms with van der Waals surface area (Å²) >= 11 is 5.87. The van der Waals surface area contributed by atoms with Gasteiger partial charge in [-0.05, 0) is 29.2 Å². The highest BCUT2D eigenvalue weighted by Crippen LogP contribution is 2.31. The molecule has 0 aliphatic heterocycles. The van der Waals surface area contributed by atoms with Crippen LogP contribution in [0, 0.1) is 11.7 Å². The van der Waals surface area contributed by atoms with Crippen LogP contribution in [0.15, 0.2) is 41.3 Å². The molecule has 3 N–H and O–H groups in total. The molecule has 0 spiro atoms. The van der Waals surface area contributed by atoms with E-state index in [0.29, 0.717) is 0 Å². The molecule has 0 radical (unpaired) electrons. The minimum atomic E-state index is -1.44. The summed E-state index contributed by atoms with van der Waals surface area (Å²) in [5, 5.41) is 28.5. The van der Waals surface area contributed by atoms with Crippen molar-refractivity contribution in [3.63, 3.8) is 0 Å². The van der Waals surface area contributed by atoms with Gasteiger partial charge < -0.3 is 24.6 Å². The lowest BCUT2D eigenvalue weighted by atomic mass is 9.98. The number of aromatic nitrogens is 1. The van der Waals surface area contributed by atoms with Crippen molar-refractivity contribution in [1.82, 2.24) is 4.57 Å². The van der Waals surface area contributed by atoms with Gasteiger partial charge in [0.05, 0.1) is 23.2 Å². The molecule has 1 heterocycles. The summed E-state index contributed by atoms with van der Waals surface area (Å²) in [4.78, 5) is 35.9. The zero-order chi connectivity index (χ0) is 25.2. The first-order chi connectivity index (χ1) is 16.0. The molecule has 3 rings (SSSR count). The van der Waals surface area contributed by atoms with E-state index in [1.807, 2.05) is 13.8 Å². The predicted octanol–water partition coefficient (Wildman–Crippen LogP) is 3.74. The molecule has 0 aliphatic carbocycles. The Morgan fingerprint density at radius 3 is 2.47 bits per heavy atom. The van der Waals surface area contributed by atoms with Gasteiger partial charge in [0.25, 0.3) is 0 Å². The maximum Gasteiger partial charge on any atom is 0.341 e. The van der Waals surface area contributed by atoms with E-state index in [-0.39, 0.29) is 51.7 Å². The predicted molar refractivity (Wildman–Crippen MR) is 123 cm³/mol. The summed E-state index contributed by atoms with van der Waals surface area (Å²) in [6, 6.07) is 6.61.